The van der Waals surface area contributed by atoms with Crippen molar-refractivity contribution in [3.8, 4) is 5.69 Å². The molecule has 0 saturated carbocycles. The van der Waals surface area contributed by atoms with Gasteiger partial charge in [-0.3, -0.25) is 4.57 Å². The van der Waals surface area contributed by atoms with Gasteiger partial charge in [-0.25, -0.2) is 4.98 Å². The van der Waals surface area contributed by atoms with Crippen molar-refractivity contribution in [1.29, 1.82) is 0 Å². The lowest BCUT2D eigenvalue weighted by atomic mass is 10.3. The Hall–Kier alpha value is -1.13. The van der Waals surface area contributed by atoms with E-state index in [1.165, 1.54) is 0 Å². The highest BCUT2D eigenvalue weighted by Gasteiger charge is 2.03. The van der Waals surface area contributed by atoms with E-state index in [-0.39, 0.29) is 0 Å². The quantitative estimate of drug-likeness (QED) is 0.459. The van der Waals surface area contributed by atoms with E-state index in [0.717, 1.165) is 21.2 Å². The van der Waals surface area contributed by atoms with E-state index >= 15 is 0 Å². The Bertz CT molecular complexity index is 547. The minimum atomic E-state index is 0.794. The molecule has 0 spiro atoms. The molecule has 0 bridgehead atoms. The third-order valence-corrected chi connectivity index (χ3v) is 3.21. The van der Waals surface area contributed by atoms with Crippen LogP contribution in [0.5, 0.6) is 0 Å². The fourth-order valence-corrected chi connectivity index (χ4v) is 2.44. The zero-order valence-corrected chi connectivity index (χ0v) is 10.8. The number of aryl methyl sites for hydroxylation is 1. The number of thioether (sulfide) groups is 1. The second kappa shape index (κ2) is 4.80. The van der Waals surface area contributed by atoms with Gasteiger partial charge in [-0.1, -0.05) is 30.4 Å². The lowest BCUT2D eigenvalue weighted by Gasteiger charge is -2.11. The Balaban J connectivity index is 2.63. The van der Waals surface area contributed by atoms with Crippen LogP contribution in [0.4, 0.5) is 0 Å². The normalized spacial score (nSPS) is 10.4. The fraction of sp³-hybridized carbons (Fsp3) is 0.167. The number of rotatable bonds is 2. The Kier molecular flexibility index (Phi) is 3.41. The Morgan fingerprint density at radius 1 is 1.25 bits per heavy atom. The number of benzene rings is 1. The Labute approximate surface area is 104 Å². The van der Waals surface area contributed by atoms with Gasteiger partial charge in [0.05, 0.1) is 0 Å². The van der Waals surface area contributed by atoms with Gasteiger partial charge in [0.15, 0.2) is 0 Å². The molecule has 0 aliphatic carbocycles. The molecule has 1 aromatic heterocycles. The third kappa shape index (κ3) is 2.18. The maximum absolute atomic E-state index is 5.38. The van der Waals surface area contributed by atoms with Gasteiger partial charge >= 0.3 is 0 Å². The van der Waals surface area contributed by atoms with Crippen LogP contribution in [0.3, 0.4) is 0 Å². The molecule has 82 valence electrons. The first kappa shape index (κ1) is 11.4. The van der Waals surface area contributed by atoms with Gasteiger partial charge in [0, 0.05) is 11.8 Å². The molecule has 0 aliphatic rings. The van der Waals surface area contributed by atoms with Crippen molar-refractivity contribution in [2.24, 2.45) is 0 Å². The molecule has 0 unspecified atom stereocenters. The first-order valence-corrected chi connectivity index (χ1v) is 6.56. The van der Waals surface area contributed by atoms with E-state index in [1.807, 2.05) is 54.1 Å². The summed E-state index contributed by atoms with van der Waals surface area (Å²) in [6, 6.07) is 12.0. The van der Waals surface area contributed by atoms with Crippen molar-refractivity contribution >= 4 is 24.0 Å². The molecule has 4 heteroatoms. The number of para-hydroxylation sites is 1. The summed E-state index contributed by atoms with van der Waals surface area (Å²) in [5, 5.41) is 0.967. The van der Waals surface area contributed by atoms with Crippen LogP contribution >= 0.6 is 24.0 Å². The SMILES string of the molecule is CSc1cc(=S)n(-c2ccccc2)c(C)n1. The maximum Gasteiger partial charge on any atom is 0.114 e. The zero-order chi connectivity index (χ0) is 11.5. The molecule has 0 amide bonds. The third-order valence-electron chi connectivity index (χ3n) is 2.29. The van der Waals surface area contributed by atoms with Crippen LogP contribution in [-0.4, -0.2) is 15.8 Å². The zero-order valence-electron chi connectivity index (χ0n) is 9.18. The molecular weight excluding hydrogens is 236 g/mol. The minimum absolute atomic E-state index is 0.794. The van der Waals surface area contributed by atoms with Gasteiger partial charge in [-0.15, -0.1) is 11.8 Å². The smallest absolute Gasteiger partial charge is 0.114 e. The highest BCUT2D eigenvalue weighted by molar-refractivity contribution is 7.98. The molecule has 0 N–H and O–H groups in total. The van der Waals surface area contributed by atoms with Crippen molar-refractivity contribution < 1.29 is 0 Å². The van der Waals surface area contributed by atoms with E-state index in [2.05, 4.69) is 4.98 Å². The lowest BCUT2D eigenvalue weighted by Crippen LogP contribution is -2.04. The first-order valence-electron chi connectivity index (χ1n) is 4.92. The van der Waals surface area contributed by atoms with Crippen molar-refractivity contribution in [2.75, 3.05) is 6.26 Å². The van der Waals surface area contributed by atoms with Crippen LogP contribution < -0.4 is 0 Å². The Morgan fingerprint density at radius 2 is 1.94 bits per heavy atom. The van der Waals surface area contributed by atoms with Crippen LogP contribution in [-0.2, 0) is 0 Å². The maximum atomic E-state index is 5.38. The molecule has 0 radical (unpaired) electrons. The van der Waals surface area contributed by atoms with Crippen molar-refractivity contribution in [3.63, 3.8) is 0 Å². The van der Waals surface area contributed by atoms with Gasteiger partial charge in [0.25, 0.3) is 0 Å². The van der Waals surface area contributed by atoms with Crippen molar-refractivity contribution in [3.05, 3.63) is 46.9 Å². The van der Waals surface area contributed by atoms with Crippen LogP contribution in [0.25, 0.3) is 5.69 Å². The number of nitrogens with zero attached hydrogens (tertiary/aromatic N) is 2. The van der Waals surface area contributed by atoms with E-state index in [1.54, 1.807) is 11.8 Å². The summed E-state index contributed by atoms with van der Waals surface area (Å²) in [7, 11) is 0. The molecule has 1 aromatic carbocycles. The summed E-state index contributed by atoms with van der Waals surface area (Å²) in [4.78, 5) is 4.49. The number of aromatic nitrogens is 2. The molecule has 16 heavy (non-hydrogen) atoms. The summed E-state index contributed by atoms with van der Waals surface area (Å²) < 4.78 is 2.78. The van der Waals surface area contributed by atoms with Crippen LogP contribution in [0.1, 0.15) is 5.82 Å². The van der Waals surface area contributed by atoms with E-state index in [0.29, 0.717) is 0 Å². The van der Waals surface area contributed by atoms with Gasteiger partial charge in [0.2, 0.25) is 0 Å². The van der Waals surface area contributed by atoms with E-state index < -0.39 is 0 Å². The van der Waals surface area contributed by atoms with Gasteiger partial charge < -0.3 is 0 Å². The van der Waals surface area contributed by atoms with Crippen LogP contribution in [0.2, 0.25) is 0 Å². The molecule has 2 rings (SSSR count). The summed E-state index contributed by atoms with van der Waals surface area (Å²) in [6.45, 7) is 1.97. The monoisotopic (exact) mass is 248 g/mol. The molecule has 0 saturated heterocycles. The van der Waals surface area contributed by atoms with Crippen molar-refractivity contribution in [1.82, 2.24) is 9.55 Å². The first-order chi connectivity index (χ1) is 7.72. The highest BCUT2D eigenvalue weighted by Crippen LogP contribution is 2.16. The van der Waals surface area contributed by atoms with Gasteiger partial charge in [-0.05, 0) is 25.3 Å². The second-order valence-corrected chi connectivity index (χ2v) is 4.60. The van der Waals surface area contributed by atoms with E-state index in [9.17, 15) is 0 Å². The van der Waals surface area contributed by atoms with Crippen LogP contribution in [0, 0.1) is 11.6 Å². The molecule has 2 nitrogen and oxygen atoms in total. The molecule has 2 aromatic rings. The summed E-state index contributed by atoms with van der Waals surface area (Å²) in [5.74, 6) is 0.919. The van der Waals surface area contributed by atoms with Crippen LogP contribution in [0.15, 0.2) is 41.4 Å². The summed E-state index contributed by atoms with van der Waals surface area (Å²) in [6.07, 6.45) is 2.00. The summed E-state index contributed by atoms with van der Waals surface area (Å²) in [5.41, 5.74) is 1.06. The average molecular weight is 248 g/mol. The van der Waals surface area contributed by atoms with E-state index in [4.69, 9.17) is 12.2 Å². The topological polar surface area (TPSA) is 17.8 Å². The lowest BCUT2D eigenvalue weighted by molar-refractivity contribution is 0.850. The molecule has 0 fully saturated rings. The second-order valence-electron chi connectivity index (χ2n) is 3.35. The highest BCUT2D eigenvalue weighted by atomic mass is 32.2. The molecular formula is C12H12N2S2. The minimum Gasteiger partial charge on any atom is -0.289 e. The fourth-order valence-electron chi connectivity index (χ4n) is 1.57. The molecule has 0 atom stereocenters. The molecule has 0 aliphatic heterocycles. The largest absolute Gasteiger partial charge is 0.289 e. The number of hydrogen-bond donors (Lipinski definition) is 0. The van der Waals surface area contributed by atoms with Crippen molar-refractivity contribution in [2.45, 2.75) is 11.9 Å². The predicted molar refractivity (Wildman–Crippen MR) is 70.9 cm³/mol. The Morgan fingerprint density at radius 3 is 2.50 bits per heavy atom. The van der Waals surface area contributed by atoms with Gasteiger partial charge in [0.1, 0.15) is 15.5 Å². The van der Waals surface area contributed by atoms with Gasteiger partial charge in [-0.2, -0.15) is 0 Å². The standard InChI is InChI=1S/C12H12N2S2/c1-9-13-11(16-2)8-12(15)14(9)10-6-4-3-5-7-10/h3-8H,1-2H3. The summed E-state index contributed by atoms with van der Waals surface area (Å²) >= 11 is 6.99. The predicted octanol–water partition coefficient (Wildman–Crippen LogP) is 3.63. The average Bonchev–Trinajstić information content (AvgIpc) is 2.29. The number of hydrogen-bond acceptors (Lipinski definition) is 3. The molecule has 1 heterocycles.